The Kier molecular flexibility index (Phi) is 4.06. The first-order valence-corrected chi connectivity index (χ1v) is 3.10. The third-order valence-electron chi connectivity index (χ3n) is 1.05. The Labute approximate surface area is 60.7 Å². The van der Waals surface area contributed by atoms with Crippen molar-refractivity contribution < 1.29 is 14.6 Å². The van der Waals surface area contributed by atoms with E-state index in [1.165, 1.54) is 7.11 Å². The highest BCUT2D eigenvalue weighted by atomic mass is 16.5. The zero-order chi connectivity index (χ0) is 8.15. The van der Waals surface area contributed by atoms with Gasteiger partial charge in [-0.2, -0.15) is 0 Å². The molecule has 0 amide bonds. The standard InChI is InChI=1S/C5H12BNO3/c1-4(5(8)10-3)7-6(2)9/h4,7,9H,1-3H3/t4-/m1/s1. The molecule has 0 aliphatic carbocycles. The van der Waals surface area contributed by atoms with Gasteiger partial charge in [-0.05, 0) is 13.7 Å². The van der Waals surface area contributed by atoms with Crippen LogP contribution in [0, 0.1) is 0 Å². The Hall–Kier alpha value is -0.545. The van der Waals surface area contributed by atoms with Crippen LogP contribution in [0.2, 0.25) is 6.82 Å². The molecule has 58 valence electrons. The van der Waals surface area contributed by atoms with Crippen LogP contribution in [0.4, 0.5) is 0 Å². The minimum absolute atomic E-state index is 0.374. The summed E-state index contributed by atoms with van der Waals surface area (Å²) in [5, 5.41) is 11.3. The van der Waals surface area contributed by atoms with E-state index in [1.54, 1.807) is 13.7 Å². The zero-order valence-electron chi connectivity index (χ0n) is 6.42. The predicted octanol–water partition coefficient (Wildman–Crippen LogP) is -0.752. The lowest BCUT2D eigenvalue weighted by Crippen LogP contribution is -2.43. The molecule has 0 aromatic heterocycles. The molecule has 0 unspecified atom stereocenters. The van der Waals surface area contributed by atoms with Crippen molar-refractivity contribution in [2.45, 2.75) is 19.8 Å². The summed E-state index contributed by atoms with van der Waals surface area (Å²) in [4.78, 5) is 10.7. The molecular formula is C5H12BNO3. The van der Waals surface area contributed by atoms with E-state index >= 15 is 0 Å². The molecule has 1 atom stereocenters. The largest absolute Gasteiger partial charge is 0.468 e. The predicted molar refractivity (Wildman–Crippen MR) is 38.5 cm³/mol. The fourth-order valence-corrected chi connectivity index (χ4v) is 0.607. The van der Waals surface area contributed by atoms with E-state index in [2.05, 4.69) is 9.96 Å². The van der Waals surface area contributed by atoms with Crippen molar-refractivity contribution in [3.63, 3.8) is 0 Å². The molecule has 0 aromatic rings. The van der Waals surface area contributed by atoms with Gasteiger partial charge in [-0.25, -0.2) is 0 Å². The smallest absolute Gasteiger partial charge is 0.374 e. The normalized spacial score (nSPS) is 12.4. The Morgan fingerprint density at radius 2 is 2.30 bits per heavy atom. The molecule has 0 saturated heterocycles. The molecule has 0 bridgehead atoms. The third-order valence-corrected chi connectivity index (χ3v) is 1.05. The van der Waals surface area contributed by atoms with E-state index in [-0.39, 0.29) is 5.97 Å². The van der Waals surface area contributed by atoms with Crippen molar-refractivity contribution in [2.75, 3.05) is 7.11 Å². The quantitative estimate of drug-likeness (QED) is 0.405. The number of hydrogen-bond acceptors (Lipinski definition) is 4. The fraction of sp³-hybridized carbons (Fsp3) is 0.800. The summed E-state index contributed by atoms with van der Waals surface area (Å²) in [5.41, 5.74) is 0. The summed E-state index contributed by atoms with van der Waals surface area (Å²) in [5.74, 6) is -0.374. The summed E-state index contributed by atoms with van der Waals surface area (Å²) in [6.45, 7) is 3.16. The molecule has 2 N–H and O–H groups in total. The maximum absolute atomic E-state index is 10.7. The van der Waals surface area contributed by atoms with Gasteiger partial charge in [0.1, 0.15) is 0 Å². The minimum Gasteiger partial charge on any atom is -0.468 e. The van der Waals surface area contributed by atoms with Crippen molar-refractivity contribution in [3.8, 4) is 0 Å². The van der Waals surface area contributed by atoms with Gasteiger partial charge in [-0.1, -0.05) is 0 Å². The number of methoxy groups -OCH3 is 1. The van der Waals surface area contributed by atoms with Crippen molar-refractivity contribution >= 4 is 13.0 Å². The topological polar surface area (TPSA) is 58.6 Å². The maximum Gasteiger partial charge on any atom is 0.374 e. The Bertz CT molecular complexity index is 117. The van der Waals surface area contributed by atoms with Crippen molar-refractivity contribution in [2.24, 2.45) is 0 Å². The molecule has 0 spiro atoms. The van der Waals surface area contributed by atoms with Crippen LogP contribution in [-0.2, 0) is 9.53 Å². The summed E-state index contributed by atoms with van der Waals surface area (Å²) in [6.07, 6.45) is 0. The van der Waals surface area contributed by atoms with Gasteiger partial charge in [-0.15, -0.1) is 0 Å². The Morgan fingerprint density at radius 3 is 2.60 bits per heavy atom. The molecule has 4 nitrogen and oxygen atoms in total. The average Bonchev–Trinajstić information content (AvgIpc) is 1.85. The number of rotatable bonds is 3. The van der Waals surface area contributed by atoms with Crippen molar-refractivity contribution in [1.29, 1.82) is 0 Å². The summed E-state index contributed by atoms with van der Waals surface area (Å²) in [6, 6.07) is -0.454. The van der Waals surface area contributed by atoms with E-state index in [1.807, 2.05) is 0 Å². The maximum atomic E-state index is 10.7. The highest BCUT2D eigenvalue weighted by Crippen LogP contribution is 1.85. The fourth-order valence-electron chi connectivity index (χ4n) is 0.607. The van der Waals surface area contributed by atoms with Crippen LogP contribution in [0.25, 0.3) is 0 Å². The van der Waals surface area contributed by atoms with Crippen LogP contribution >= 0.6 is 0 Å². The molecule has 0 radical (unpaired) electrons. The van der Waals surface area contributed by atoms with Crippen molar-refractivity contribution in [1.82, 2.24) is 5.23 Å². The lowest BCUT2D eigenvalue weighted by Gasteiger charge is -2.10. The summed E-state index contributed by atoms with van der Waals surface area (Å²) >= 11 is 0. The van der Waals surface area contributed by atoms with Gasteiger partial charge in [-0.3, -0.25) is 4.79 Å². The first kappa shape index (κ1) is 9.45. The Balaban J connectivity index is 3.61. The zero-order valence-corrected chi connectivity index (χ0v) is 6.42. The van der Waals surface area contributed by atoms with Crippen LogP contribution in [0.5, 0.6) is 0 Å². The second-order valence-electron chi connectivity index (χ2n) is 2.09. The molecule has 0 heterocycles. The number of carbonyl (C=O) groups is 1. The molecule has 0 fully saturated rings. The number of hydrogen-bond donors (Lipinski definition) is 2. The van der Waals surface area contributed by atoms with E-state index in [9.17, 15) is 4.79 Å². The van der Waals surface area contributed by atoms with Crippen molar-refractivity contribution in [3.05, 3.63) is 0 Å². The highest BCUT2D eigenvalue weighted by molar-refractivity contribution is 6.45. The molecular weight excluding hydrogens is 133 g/mol. The molecule has 0 rings (SSSR count). The SMILES string of the molecule is COC(=O)[C@@H](C)NB(C)O. The number of carbonyl (C=O) groups excluding carboxylic acids is 1. The second-order valence-corrected chi connectivity index (χ2v) is 2.09. The van der Waals surface area contributed by atoms with Gasteiger partial charge in [0.05, 0.1) is 13.2 Å². The monoisotopic (exact) mass is 145 g/mol. The van der Waals surface area contributed by atoms with Gasteiger partial charge in [0.25, 0.3) is 0 Å². The van der Waals surface area contributed by atoms with E-state index < -0.39 is 13.1 Å². The first-order chi connectivity index (χ1) is 4.57. The van der Waals surface area contributed by atoms with Crippen LogP contribution in [0.3, 0.4) is 0 Å². The minimum atomic E-state index is -0.686. The van der Waals surface area contributed by atoms with Gasteiger partial charge < -0.3 is 15.0 Å². The molecule has 0 aromatic carbocycles. The van der Waals surface area contributed by atoms with Crippen LogP contribution in [-0.4, -0.2) is 31.2 Å². The lowest BCUT2D eigenvalue weighted by molar-refractivity contribution is -0.142. The number of ether oxygens (including phenoxy) is 1. The number of esters is 1. The molecule has 10 heavy (non-hydrogen) atoms. The molecule has 0 aliphatic heterocycles. The molecule has 5 heteroatoms. The van der Waals surface area contributed by atoms with Gasteiger partial charge in [0.15, 0.2) is 0 Å². The first-order valence-electron chi connectivity index (χ1n) is 3.10. The third kappa shape index (κ3) is 3.47. The molecule has 0 aliphatic rings. The highest BCUT2D eigenvalue weighted by Gasteiger charge is 2.15. The summed E-state index contributed by atoms with van der Waals surface area (Å²) in [7, 11) is 0.622. The average molecular weight is 145 g/mol. The lowest BCUT2D eigenvalue weighted by atomic mass is 9.87. The Morgan fingerprint density at radius 1 is 1.80 bits per heavy atom. The van der Waals surface area contributed by atoms with Crippen LogP contribution < -0.4 is 5.23 Å². The van der Waals surface area contributed by atoms with Crippen LogP contribution in [0.15, 0.2) is 0 Å². The van der Waals surface area contributed by atoms with Gasteiger partial charge in [0, 0.05) is 0 Å². The van der Waals surface area contributed by atoms with E-state index in [0.717, 1.165) is 0 Å². The van der Waals surface area contributed by atoms with Gasteiger partial charge in [0.2, 0.25) is 0 Å². The van der Waals surface area contributed by atoms with Gasteiger partial charge >= 0.3 is 13.0 Å². The van der Waals surface area contributed by atoms with E-state index in [4.69, 9.17) is 5.02 Å². The molecule has 0 saturated carbocycles. The van der Waals surface area contributed by atoms with Crippen LogP contribution in [0.1, 0.15) is 6.92 Å². The second kappa shape index (κ2) is 4.30. The number of nitrogens with one attached hydrogen (secondary N) is 1. The summed E-state index contributed by atoms with van der Waals surface area (Å²) < 4.78 is 4.40. The van der Waals surface area contributed by atoms with E-state index in [0.29, 0.717) is 0 Å².